The number of ether oxygens (including phenoxy) is 2. The van der Waals surface area contributed by atoms with E-state index in [1.165, 1.54) is 0 Å². The minimum atomic E-state index is -0.342. The first kappa shape index (κ1) is 16.2. The van der Waals surface area contributed by atoms with Gasteiger partial charge in [0.25, 0.3) is 0 Å². The first-order valence-electron chi connectivity index (χ1n) is 7.95. The van der Waals surface area contributed by atoms with E-state index in [0.29, 0.717) is 25.1 Å². The summed E-state index contributed by atoms with van der Waals surface area (Å²) in [6.07, 6.45) is 2.48. The minimum Gasteiger partial charge on any atom is -0.464 e. The van der Waals surface area contributed by atoms with Crippen LogP contribution in [0.5, 0.6) is 0 Å². The van der Waals surface area contributed by atoms with Crippen LogP contribution in [0.2, 0.25) is 0 Å². The maximum Gasteiger partial charge on any atom is 0.332 e. The summed E-state index contributed by atoms with van der Waals surface area (Å²) in [7, 11) is 0. The van der Waals surface area contributed by atoms with Crippen LogP contribution >= 0.6 is 0 Å². The monoisotopic (exact) mass is 325 g/mol. The molecule has 1 aromatic heterocycles. The first-order chi connectivity index (χ1) is 11.6. The van der Waals surface area contributed by atoms with E-state index in [2.05, 4.69) is 11.2 Å². The van der Waals surface area contributed by atoms with Crippen LogP contribution in [-0.4, -0.2) is 35.1 Å². The van der Waals surface area contributed by atoms with Crippen LogP contribution in [0.25, 0.3) is 11.1 Å². The predicted molar refractivity (Wildman–Crippen MR) is 87.2 cm³/mol. The molecule has 0 aliphatic carbocycles. The Kier molecular flexibility index (Phi) is 4.63. The molecule has 124 valence electrons. The number of aryl methyl sites for hydroxylation is 1. The van der Waals surface area contributed by atoms with Gasteiger partial charge in [0.15, 0.2) is 0 Å². The van der Waals surface area contributed by atoms with E-state index in [0.717, 1.165) is 22.4 Å². The van der Waals surface area contributed by atoms with Gasteiger partial charge in [-0.2, -0.15) is 10.4 Å². The zero-order chi connectivity index (χ0) is 17.1. The van der Waals surface area contributed by atoms with Crippen molar-refractivity contribution in [1.29, 1.82) is 5.26 Å². The largest absolute Gasteiger partial charge is 0.464 e. The minimum absolute atomic E-state index is 0.0332. The molecule has 1 aromatic carbocycles. The number of hydrogen-bond donors (Lipinski definition) is 0. The topological polar surface area (TPSA) is 77.1 Å². The van der Waals surface area contributed by atoms with Crippen molar-refractivity contribution in [2.24, 2.45) is 0 Å². The lowest BCUT2D eigenvalue weighted by atomic mass is 9.98. The molecule has 2 aromatic rings. The maximum atomic E-state index is 11.4. The number of fused-ring (bicyclic) bond motifs is 1. The second-order valence-corrected chi connectivity index (χ2v) is 5.77. The quantitative estimate of drug-likeness (QED) is 0.788. The van der Waals surface area contributed by atoms with E-state index in [4.69, 9.17) is 14.7 Å². The zero-order valence-corrected chi connectivity index (χ0v) is 13.8. The van der Waals surface area contributed by atoms with Crippen molar-refractivity contribution >= 4 is 5.97 Å². The summed E-state index contributed by atoms with van der Waals surface area (Å²) in [5, 5.41) is 13.4. The fraction of sp³-hybridized carbons (Fsp3) is 0.389. The van der Waals surface area contributed by atoms with Crippen molar-refractivity contribution in [3.05, 3.63) is 41.2 Å². The van der Waals surface area contributed by atoms with Crippen molar-refractivity contribution in [3.63, 3.8) is 0 Å². The molecule has 0 spiro atoms. The fourth-order valence-corrected chi connectivity index (χ4v) is 3.02. The first-order valence-corrected chi connectivity index (χ1v) is 7.95. The van der Waals surface area contributed by atoms with Gasteiger partial charge in [0.2, 0.25) is 0 Å². The van der Waals surface area contributed by atoms with E-state index < -0.39 is 0 Å². The van der Waals surface area contributed by atoms with Crippen LogP contribution < -0.4 is 0 Å². The van der Waals surface area contributed by atoms with E-state index >= 15 is 0 Å². The van der Waals surface area contributed by atoms with Crippen molar-refractivity contribution in [3.8, 4) is 17.2 Å². The predicted octanol–water partition coefficient (Wildman–Crippen LogP) is 2.23. The van der Waals surface area contributed by atoms with Gasteiger partial charge in [-0.25, -0.2) is 4.79 Å². The standard InChI is InChI=1S/C18H19N3O3/c1-3-23-18(22)11-24-14-7-17-16(9-20-21(17)10-14)15-5-4-13(8-19)6-12(15)2/h4-6,9,14H,3,7,10-11H2,1-2H3/t14-/m1/s1. The van der Waals surface area contributed by atoms with Crippen LogP contribution in [0, 0.1) is 18.3 Å². The molecule has 0 fully saturated rings. The Labute approximate surface area is 140 Å². The highest BCUT2D eigenvalue weighted by Crippen LogP contribution is 2.31. The zero-order valence-electron chi connectivity index (χ0n) is 13.8. The van der Waals surface area contributed by atoms with Crippen LogP contribution in [0.15, 0.2) is 24.4 Å². The molecule has 0 bridgehead atoms. The molecule has 1 atom stereocenters. The van der Waals surface area contributed by atoms with Crippen molar-refractivity contribution in [2.45, 2.75) is 32.9 Å². The van der Waals surface area contributed by atoms with E-state index in [9.17, 15) is 4.79 Å². The van der Waals surface area contributed by atoms with Crippen LogP contribution in [0.1, 0.15) is 23.7 Å². The highest BCUT2D eigenvalue weighted by molar-refractivity contribution is 5.71. The summed E-state index contributed by atoms with van der Waals surface area (Å²) in [6.45, 7) is 4.72. The fourth-order valence-electron chi connectivity index (χ4n) is 3.02. The smallest absolute Gasteiger partial charge is 0.332 e. The Balaban J connectivity index is 1.74. The molecule has 0 radical (unpaired) electrons. The number of aromatic nitrogens is 2. The molecule has 1 aliphatic rings. The van der Waals surface area contributed by atoms with Crippen molar-refractivity contribution in [2.75, 3.05) is 13.2 Å². The van der Waals surface area contributed by atoms with Crippen LogP contribution in [0.4, 0.5) is 0 Å². The van der Waals surface area contributed by atoms with Gasteiger partial charge in [-0.15, -0.1) is 0 Å². The molecule has 6 heteroatoms. The molecule has 24 heavy (non-hydrogen) atoms. The van der Waals surface area contributed by atoms with Gasteiger partial charge in [-0.3, -0.25) is 4.68 Å². The number of rotatable bonds is 5. The summed E-state index contributed by atoms with van der Waals surface area (Å²) in [5.74, 6) is -0.342. The Morgan fingerprint density at radius 3 is 3.00 bits per heavy atom. The van der Waals surface area contributed by atoms with Gasteiger partial charge in [0, 0.05) is 17.7 Å². The number of carbonyl (C=O) groups is 1. The highest BCUT2D eigenvalue weighted by atomic mass is 16.6. The number of benzene rings is 1. The summed E-state index contributed by atoms with van der Waals surface area (Å²) >= 11 is 0. The van der Waals surface area contributed by atoms with E-state index in [1.807, 2.05) is 36.0 Å². The maximum absolute atomic E-state index is 11.4. The Morgan fingerprint density at radius 1 is 1.46 bits per heavy atom. The lowest BCUT2D eigenvalue weighted by Gasteiger charge is -2.10. The van der Waals surface area contributed by atoms with Crippen LogP contribution in [-0.2, 0) is 27.2 Å². The van der Waals surface area contributed by atoms with Crippen molar-refractivity contribution < 1.29 is 14.3 Å². The van der Waals surface area contributed by atoms with E-state index in [1.54, 1.807) is 6.92 Å². The summed E-state index contributed by atoms with van der Waals surface area (Å²) < 4.78 is 12.4. The molecule has 0 amide bonds. The number of nitrogens with zero attached hydrogens (tertiary/aromatic N) is 3. The molecular formula is C18H19N3O3. The van der Waals surface area contributed by atoms with Gasteiger partial charge in [-0.1, -0.05) is 6.07 Å². The van der Waals surface area contributed by atoms with Crippen molar-refractivity contribution in [1.82, 2.24) is 9.78 Å². The van der Waals surface area contributed by atoms with Gasteiger partial charge in [0.1, 0.15) is 6.61 Å². The van der Waals surface area contributed by atoms with Gasteiger partial charge >= 0.3 is 5.97 Å². The molecule has 0 saturated heterocycles. The second-order valence-electron chi connectivity index (χ2n) is 5.77. The SMILES string of the molecule is CCOC(=O)CO[C@@H]1Cc2c(-c3ccc(C#N)cc3C)cnn2C1. The van der Waals surface area contributed by atoms with E-state index in [-0.39, 0.29) is 18.7 Å². The van der Waals surface area contributed by atoms with Gasteiger partial charge in [-0.05, 0) is 37.1 Å². The Bertz CT molecular complexity index is 804. The molecule has 0 saturated carbocycles. The third-order valence-electron chi connectivity index (χ3n) is 4.13. The third kappa shape index (κ3) is 3.17. The molecule has 0 unspecified atom stereocenters. The lowest BCUT2D eigenvalue weighted by Crippen LogP contribution is -2.21. The number of hydrogen-bond acceptors (Lipinski definition) is 5. The number of nitriles is 1. The average Bonchev–Trinajstić information content (AvgIpc) is 3.13. The average molecular weight is 325 g/mol. The third-order valence-corrected chi connectivity index (χ3v) is 4.13. The summed E-state index contributed by atoms with van der Waals surface area (Å²) in [6, 6.07) is 7.80. The molecule has 6 nitrogen and oxygen atoms in total. The Hall–Kier alpha value is -2.65. The molecule has 0 N–H and O–H groups in total. The summed E-state index contributed by atoms with van der Waals surface area (Å²) in [4.78, 5) is 11.4. The van der Waals surface area contributed by atoms with Gasteiger partial charge < -0.3 is 9.47 Å². The highest BCUT2D eigenvalue weighted by Gasteiger charge is 2.27. The molecular weight excluding hydrogens is 306 g/mol. The molecule has 1 aliphatic heterocycles. The normalized spacial score (nSPS) is 15.8. The second kappa shape index (κ2) is 6.85. The van der Waals surface area contributed by atoms with Crippen LogP contribution in [0.3, 0.4) is 0 Å². The lowest BCUT2D eigenvalue weighted by molar-refractivity contribution is -0.150. The number of carbonyl (C=O) groups excluding carboxylic acids is 1. The summed E-state index contributed by atoms with van der Waals surface area (Å²) in [5.41, 5.74) is 4.91. The Morgan fingerprint density at radius 2 is 2.29 bits per heavy atom. The number of esters is 1. The molecule has 2 heterocycles. The van der Waals surface area contributed by atoms with Gasteiger partial charge in [0.05, 0.1) is 37.1 Å². The molecule has 3 rings (SSSR count).